The fraction of sp³-hybridized carbons (Fsp3) is 0.600. The van der Waals surface area contributed by atoms with Crippen molar-refractivity contribution in [1.82, 2.24) is 10.2 Å². The quantitative estimate of drug-likeness (QED) is 0.705. The number of hydrogen-bond donors (Lipinski definition) is 1. The first-order valence-corrected chi connectivity index (χ1v) is 9.11. The fourth-order valence-corrected chi connectivity index (χ4v) is 2.60. The van der Waals surface area contributed by atoms with Gasteiger partial charge in [-0.25, -0.2) is 8.42 Å². The van der Waals surface area contributed by atoms with Gasteiger partial charge in [0.15, 0.2) is 0 Å². The van der Waals surface area contributed by atoms with E-state index in [-0.39, 0.29) is 5.75 Å². The standard InChI is InChI=1S/C15H26N2O2S/c1-4-8-16-12-14-6-5-7-15(11-14)13-17(2)9-10-20(3,18)19/h5-7,11,16H,4,8-10,12-13H2,1-3H3. The van der Waals surface area contributed by atoms with Crippen LogP contribution in [0.25, 0.3) is 0 Å². The number of nitrogens with one attached hydrogen (secondary N) is 1. The van der Waals surface area contributed by atoms with Crippen LogP contribution in [0.5, 0.6) is 0 Å². The van der Waals surface area contributed by atoms with E-state index in [1.54, 1.807) is 0 Å². The molecule has 0 aliphatic heterocycles. The molecule has 0 aromatic heterocycles. The molecule has 5 heteroatoms. The number of sulfone groups is 1. The highest BCUT2D eigenvalue weighted by Gasteiger charge is 2.06. The van der Waals surface area contributed by atoms with Crippen molar-refractivity contribution in [3.63, 3.8) is 0 Å². The summed E-state index contributed by atoms with van der Waals surface area (Å²) in [5.41, 5.74) is 2.49. The molecule has 0 atom stereocenters. The van der Waals surface area contributed by atoms with E-state index < -0.39 is 9.84 Å². The maximum absolute atomic E-state index is 11.2. The molecule has 0 saturated heterocycles. The second-order valence-corrected chi connectivity index (χ2v) is 7.62. The van der Waals surface area contributed by atoms with E-state index in [0.29, 0.717) is 6.54 Å². The van der Waals surface area contributed by atoms with Crippen molar-refractivity contribution >= 4 is 9.84 Å². The number of nitrogens with zero attached hydrogens (tertiary/aromatic N) is 1. The van der Waals surface area contributed by atoms with E-state index in [2.05, 4.69) is 36.5 Å². The Morgan fingerprint density at radius 3 is 2.60 bits per heavy atom. The molecular formula is C15H26N2O2S. The monoisotopic (exact) mass is 298 g/mol. The van der Waals surface area contributed by atoms with Crippen LogP contribution >= 0.6 is 0 Å². The third-order valence-electron chi connectivity index (χ3n) is 3.04. The van der Waals surface area contributed by atoms with E-state index in [1.165, 1.54) is 17.4 Å². The van der Waals surface area contributed by atoms with Crippen molar-refractivity contribution in [1.29, 1.82) is 0 Å². The summed E-state index contributed by atoms with van der Waals surface area (Å²) in [6.07, 6.45) is 2.41. The summed E-state index contributed by atoms with van der Waals surface area (Å²) in [7, 11) is -0.935. The fourth-order valence-electron chi connectivity index (χ4n) is 1.96. The van der Waals surface area contributed by atoms with Crippen LogP contribution in [0.1, 0.15) is 24.5 Å². The van der Waals surface area contributed by atoms with Crippen molar-refractivity contribution < 1.29 is 8.42 Å². The number of rotatable bonds is 9. The van der Waals surface area contributed by atoms with Crippen molar-refractivity contribution in [2.75, 3.05) is 32.1 Å². The van der Waals surface area contributed by atoms with Crippen LogP contribution in [-0.2, 0) is 22.9 Å². The Morgan fingerprint density at radius 2 is 1.95 bits per heavy atom. The van der Waals surface area contributed by atoms with Gasteiger partial charge in [-0.3, -0.25) is 0 Å². The van der Waals surface area contributed by atoms with Gasteiger partial charge in [0.05, 0.1) is 5.75 Å². The first-order chi connectivity index (χ1) is 9.40. The molecule has 0 fully saturated rings. The number of hydrogen-bond acceptors (Lipinski definition) is 4. The van der Waals surface area contributed by atoms with Gasteiger partial charge in [0.25, 0.3) is 0 Å². The average Bonchev–Trinajstić information content (AvgIpc) is 2.36. The third-order valence-corrected chi connectivity index (χ3v) is 3.97. The van der Waals surface area contributed by atoms with Gasteiger partial charge >= 0.3 is 0 Å². The summed E-state index contributed by atoms with van der Waals surface area (Å²) >= 11 is 0. The molecule has 1 aromatic rings. The van der Waals surface area contributed by atoms with Gasteiger partial charge in [0.2, 0.25) is 0 Å². The Morgan fingerprint density at radius 1 is 1.25 bits per heavy atom. The van der Waals surface area contributed by atoms with Crippen LogP contribution in [0.4, 0.5) is 0 Å². The van der Waals surface area contributed by atoms with Crippen LogP contribution in [0.2, 0.25) is 0 Å². The highest BCUT2D eigenvalue weighted by molar-refractivity contribution is 7.90. The van der Waals surface area contributed by atoms with Gasteiger partial charge in [-0.05, 0) is 31.1 Å². The number of benzene rings is 1. The summed E-state index contributed by atoms with van der Waals surface area (Å²) in [5, 5.41) is 3.38. The molecule has 0 amide bonds. The van der Waals surface area contributed by atoms with E-state index >= 15 is 0 Å². The van der Waals surface area contributed by atoms with Crippen molar-refractivity contribution in [3.05, 3.63) is 35.4 Å². The van der Waals surface area contributed by atoms with E-state index in [0.717, 1.165) is 26.1 Å². The molecule has 1 rings (SSSR count). The van der Waals surface area contributed by atoms with Crippen molar-refractivity contribution in [2.45, 2.75) is 26.4 Å². The zero-order valence-corrected chi connectivity index (χ0v) is 13.5. The first kappa shape index (κ1) is 17.1. The Balaban J connectivity index is 2.48. The van der Waals surface area contributed by atoms with Crippen LogP contribution in [-0.4, -0.2) is 45.5 Å². The second-order valence-electron chi connectivity index (χ2n) is 5.36. The Hall–Kier alpha value is -0.910. The summed E-state index contributed by atoms with van der Waals surface area (Å²) in [4.78, 5) is 2.04. The molecule has 4 nitrogen and oxygen atoms in total. The highest BCUT2D eigenvalue weighted by Crippen LogP contribution is 2.08. The second kappa shape index (κ2) is 8.39. The van der Waals surface area contributed by atoms with Crippen LogP contribution in [0, 0.1) is 0 Å². The normalized spacial score (nSPS) is 12.0. The van der Waals surface area contributed by atoms with E-state index in [4.69, 9.17) is 0 Å². The molecule has 0 aliphatic carbocycles. The smallest absolute Gasteiger partial charge is 0.148 e. The van der Waals surface area contributed by atoms with E-state index in [1.807, 2.05) is 11.9 Å². The lowest BCUT2D eigenvalue weighted by Gasteiger charge is -2.16. The molecule has 0 bridgehead atoms. The molecule has 0 heterocycles. The van der Waals surface area contributed by atoms with Gasteiger partial charge in [0.1, 0.15) is 9.84 Å². The van der Waals surface area contributed by atoms with E-state index in [9.17, 15) is 8.42 Å². The zero-order valence-electron chi connectivity index (χ0n) is 12.7. The van der Waals surface area contributed by atoms with Crippen molar-refractivity contribution in [3.8, 4) is 0 Å². The molecule has 0 unspecified atom stereocenters. The summed E-state index contributed by atoms with van der Waals surface area (Å²) in [6, 6.07) is 8.44. The average molecular weight is 298 g/mol. The maximum Gasteiger partial charge on any atom is 0.148 e. The van der Waals surface area contributed by atoms with Crippen LogP contribution in [0.3, 0.4) is 0 Å². The predicted octanol–water partition coefficient (Wildman–Crippen LogP) is 1.66. The predicted molar refractivity (Wildman–Crippen MR) is 84.5 cm³/mol. The molecule has 0 spiro atoms. The topological polar surface area (TPSA) is 49.4 Å². The maximum atomic E-state index is 11.2. The first-order valence-electron chi connectivity index (χ1n) is 7.05. The molecule has 0 radical (unpaired) electrons. The molecule has 0 aliphatic rings. The van der Waals surface area contributed by atoms with Crippen LogP contribution in [0.15, 0.2) is 24.3 Å². The van der Waals surface area contributed by atoms with Gasteiger partial charge in [-0.15, -0.1) is 0 Å². The summed E-state index contributed by atoms with van der Waals surface area (Å²) in [5.74, 6) is 0.210. The Kier molecular flexibility index (Phi) is 7.19. The Labute approximate surface area is 123 Å². The largest absolute Gasteiger partial charge is 0.313 e. The van der Waals surface area contributed by atoms with Gasteiger partial charge < -0.3 is 10.2 Å². The van der Waals surface area contributed by atoms with Gasteiger partial charge in [-0.2, -0.15) is 0 Å². The van der Waals surface area contributed by atoms with Gasteiger partial charge in [0, 0.05) is 25.9 Å². The SMILES string of the molecule is CCCNCc1cccc(CN(C)CCS(C)(=O)=O)c1. The lowest BCUT2D eigenvalue weighted by molar-refractivity contribution is 0.346. The molecule has 1 aromatic carbocycles. The molecule has 20 heavy (non-hydrogen) atoms. The minimum absolute atomic E-state index is 0.210. The van der Waals surface area contributed by atoms with Gasteiger partial charge in [-0.1, -0.05) is 31.2 Å². The summed E-state index contributed by atoms with van der Waals surface area (Å²) < 4.78 is 22.3. The highest BCUT2D eigenvalue weighted by atomic mass is 32.2. The lowest BCUT2D eigenvalue weighted by atomic mass is 10.1. The third kappa shape index (κ3) is 7.62. The lowest BCUT2D eigenvalue weighted by Crippen LogP contribution is -2.25. The zero-order chi connectivity index (χ0) is 15.0. The summed E-state index contributed by atoms with van der Waals surface area (Å²) in [6.45, 7) is 5.40. The van der Waals surface area contributed by atoms with Crippen molar-refractivity contribution in [2.24, 2.45) is 0 Å². The Bertz CT molecular complexity index is 500. The minimum Gasteiger partial charge on any atom is -0.313 e. The molecule has 1 N–H and O–H groups in total. The molecule has 0 saturated carbocycles. The van der Waals surface area contributed by atoms with Crippen LogP contribution < -0.4 is 5.32 Å². The molecule has 114 valence electrons. The minimum atomic E-state index is -2.89. The molecular weight excluding hydrogens is 272 g/mol.